The first-order chi connectivity index (χ1) is 11.7. The molecule has 0 unspecified atom stereocenters. The van der Waals surface area contributed by atoms with Gasteiger partial charge in [-0.2, -0.15) is 0 Å². The molecule has 0 bridgehead atoms. The van der Waals surface area contributed by atoms with Crippen molar-refractivity contribution in [3.05, 3.63) is 88.4 Å². The number of amides is 1. The second-order valence-electron chi connectivity index (χ2n) is 5.44. The average molecular weight is 384 g/mol. The van der Waals surface area contributed by atoms with Crippen molar-refractivity contribution < 1.29 is 4.79 Å². The molecular weight excluding hydrogens is 366 g/mol. The van der Waals surface area contributed by atoms with E-state index < -0.39 is 0 Å². The number of aromatic nitrogens is 2. The Labute approximate surface area is 149 Å². The van der Waals surface area contributed by atoms with E-state index in [0.29, 0.717) is 18.5 Å². The Balaban J connectivity index is 1.57. The van der Waals surface area contributed by atoms with E-state index in [4.69, 9.17) is 0 Å². The van der Waals surface area contributed by atoms with Crippen LogP contribution >= 0.6 is 15.9 Å². The molecule has 4 nitrogen and oxygen atoms in total. The van der Waals surface area contributed by atoms with Gasteiger partial charge in [0.05, 0.1) is 5.56 Å². The molecule has 0 aliphatic carbocycles. The highest BCUT2D eigenvalue weighted by atomic mass is 79.9. The van der Waals surface area contributed by atoms with Crippen molar-refractivity contribution in [2.24, 2.45) is 0 Å². The van der Waals surface area contributed by atoms with Gasteiger partial charge in [0.25, 0.3) is 5.91 Å². The largest absolute Gasteiger partial charge is 0.352 e. The first-order valence-electron chi connectivity index (χ1n) is 7.80. The van der Waals surface area contributed by atoms with E-state index in [2.05, 4.69) is 42.9 Å². The molecule has 1 N–H and O–H groups in total. The fourth-order valence-corrected chi connectivity index (χ4v) is 2.99. The summed E-state index contributed by atoms with van der Waals surface area (Å²) < 4.78 is 2.91. The first-order valence-corrected chi connectivity index (χ1v) is 8.60. The summed E-state index contributed by atoms with van der Waals surface area (Å²) in [6.45, 7) is 1.33. The van der Waals surface area contributed by atoms with E-state index in [-0.39, 0.29) is 5.91 Å². The lowest BCUT2D eigenvalue weighted by molar-refractivity contribution is 0.0953. The molecular formula is C19H18BrN3O. The summed E-state index contributed by atoms with van der Waals surface area (Å²) in [6.07, 6.45) is 4.46. The summed E-state index contributed by atoms with van der Waals surface area (Å²) in [5, 5.41) is 2.95. The topological polar surface area (TPSA) is 46.9 Å². The van der Waals surface area contributed by atoms with Gasteiger partial charge in [-0.1, -0.05) is 42.5 Å². The van der Waals surface area contributed by atoms with E-state index in [9.17, 15) is 4.79 Å². The van der Waals surface area contributed by atoms with Crippen molar-refractivity contribution in [3.63, 3.8) is 0 Å². The van der Waals surface area contributed by atoms with Crippen LogP contribution in [-0.2, 0) is 13.0 Å². The van der Waals surface area contributed by atoms with Gasteiger partial charge < -0.3 is 9.88 Å². The van der Waals surface area contributed by atoms with Crippen LogP contribution in [0.2, 0.25) is 0 Å². The zero-order valence-corrected chi connectivity index (χ0v) is 14.7. The minimum Gasteiger partial charge on any atom is -0.352 e. The van der Waals surface area contributed by atoms with Gasteiger partial charge >= 0.3 is 0 Å². The van der Waals surface area contributed by atoms with Crippen LogP contribution in [0.5, 0.6) is 0 Å². The molecule has 0 aliphatic rings. The zero-order chi connectivity index (χ0) is 16.8. The van der Waals surface area contributed by atoms with Gasteiger partial charge in [0.15, 0.2) is 0 Å². The number of rotatable bonds is 6. The third-order valence-corrected chi connectivity index (χ3v) is 4.44. The number of hydrogen-bond donors (Lipinski definition) is 1. The Kier molecular flexibility index (Phi) is 5.43. The molecule has 3 rings (SSSR count). The molecule has 122 valence electrons. The first kappa shape index (κ1) is 16.5. The minimum absolute atomic E-state index is 0.0800. The number of halogens is 1. The minimum atomic E-state index is -0.0800. The van der Waals surface area contributed by atoms with E-state index in [0.717, 1.165) is 16.8 Å². The number of imidazole rings is 1. The highest BCUT2D eigenvalue weighted by Gasteiger charge is 2.09. The molecule has 0 saturated carbocycles. The van der Waals surface area contributed by atoms with Crippen molar-refractivity contribution in [1.82, 2.24) is 14.9 Å². The van der Waals surface area contributed by atoms with E-state index in [1.54, 1.807) is 12.3 Å². The molecule has 0 atom stereocenters. The van der Waals surface area contributed by atoms with Crippen LogP contribution in [0, 0.1) is 0 Å². The van der Waals surface area contributed by atoms with Crippen LogP contribution in [0.1, 0.15) is 21.7 Å². The monoisotopic (exact) mass is 383 g/mol. The maximum Gasteiger partial charge on any atom is 0.252 e. The summed E-state index contributed by atoms with van der Waals surface area (Å²) in [5.74, 6) is 0.884. The van der Waals surface area contributed by atoms with Crippen molar-refractivity contribution in [3.8, 4) is 0 Å². The van der Waals surface area contributed by atoms with E-state index in [1.165, 1.54) is 5.56 Å². The molecule has 0 fully saturated rings. The van der Waals surface area contributed by atoms with Crippen molar-refractivity contribution >= 4 is 21.8 Å². The summed E-state index contributed by atoms with van der Waals surface area (Å²) in [5.41, 5.74) is 1.87. The Hall–Kier alpha value is -2.40. The van der Waals surface area contributed by atoms with Gasteiger partial charge in [0, 0.05) is 36.4 Å². The lowest BCUT2D eigenvalue weighted by Gasteiger charge is -2.09. The lowest BCUT2D eigenvalue weighted by Crippen LogP contribution is -2.26. The molecule has 0 radical (unpaired) electrons. The number of hydrogen-bond acceptors (Lipinski definition) is 2. The molecule has 0 saturated heterocycles. The second-order valence-corrected chi connectivity index (χ2v) is 6.30. The third-order valence-electron chi connectivity index (χ3n) is 3.75. The SMILES string of the molecule is O=C(NCCc1nccn1Cc1ccccc1)c1ccccc1Br. The highest BCUT2D eigenvalue weighted by molar-refractivity contribution is 9.10. The summed E-state index contributed by atoms with van der Waals surface area (Å²) >= 11 is 3.40. The predicted molar refractivity (Wildman–Crippen MR) is 98.0 cm³/mol. The summed E-state index contributed by atoms with van der Waals surface area (Å²) in [6, 6.07) is 17.7. The maximum absolute atomic E-state index is 12.2. The highest BCUT2D eigenvalue weighted by Crippen LogP contribution is 2.15. The number of nitrogens with one attached hydrogen (secondary N) is 1. The molecule has 1 amide bonds. The van der Waals surface area contributed by atoms with Crippen molar-refractivity contribution in [1.29, 1.82) is 0 Å². The van der Waals surface area contributed by atoms with E-state index in [1.807, 2.05) is 42.6 Å². The van der Waals surface area contributed by atoms with E-state index >= 15 is 0 Å². The Bertz CT molecular complexity index is 814. The van der Waals surface area contributed by atoms with Crippen LogP contribution in [0.15, 0.2) is 71.5 Å². The maximum atomic E-state index is 12.2. The molecule has 3 aromatic rings. The summed E-state index contributed by atoms with van der Waals surface area (Å²) in [4.78, 5) is 16.6. The standard InChI is InChI=1S/C19H18BrN3O/c20-17-9-5-4-8-16(17)19(24)22-11-10-18-21-12-13-23(18)14-15-6-2-1-3-7-15/h1-9,12-13H,10-11,14H2,(H,22,24). The molecule has 2 aromatic carbocycles. The zero-order valence-electron chi connectivity index (χ0n) is 13.2. The predicted octanol–water partition coefficient (Wildman–Crippen LogP) is 3.67. The van der Waals surface area contributed by atoms with Crippen LogP contribution in [0.3, 0.4) is 0 Å². The Morgan fingerprint density at radius 3 is 2.62 bits per heavy atom. The van der Waals surface area contributed by atoms with Gasteiger partial charge in [-0.05, 0) is 33.6 Å². The van der Waals surface area contributed by atoms with Crippen molar-refractivity contribution in [2.75, 3.05) is 6.54 Å². The molecule has 0 spiro atoms. The number of benzene rings is 2. The number of carbonyl (C=O) groups excluding carboxylic acids is 1. The number of carbonyl (C=O) groups is 1. The fraction of sp³-hybridized carbons (Fsp3) is 0.158. The fourth-order valence-electron chi connectivity index (χ4n) is 2.52. The molecule has 1 aromatic heterocycles. The van der Waals surface area contributed by atoms with Crippen molar-refractivity contribution in [2.45, 2.75) is 13.0 Å². The van der Waals surface area contributed by atoms with Gasteiger partial charge in [-0.3, -0.25) is 4.79 Å². The van der Waals surface area contributed by atoms with Gasteiger partial charge in [0.2, 0.25) is 0 Å². The molecule has 0 aliphatic heterocycles. The molecule has 1 heterocycles. The van der Waals surface area contributed by atoms with Crippen LogP contribution in [-0.4, -0.2) is 22.0 Å². The lowest BCUT2D eigenvalue weighted by atomic mass is 10.2. The second kappa shape index (κ2) is 7.93. The Morgan fingerprint density at radius 1 is 1.08 bits per heavy atom. The van der Waals surface area contributed by atoms with Gasteiger partial charge in [-0.25, -0.2) is 4.98 Å². The quantitative estimate of drug-likeness (QED) is 0.705. The molecule has 24 heavy (non-hydrogen) atoms. The summed E-state index contributed by atoms with van der Waals surface area (Å²) in [7, 11) is 0. The molecule has 5 heteroatoms. The third kappa shape index (κ3) is 4.11. The average Bonchev–Trinajstić information content (AvgIpc) is 3.03. The Morgan fingerprint density at radius 2 is 1.83 bits per heavy atom. The van der Waals surface area contributed by atoms with Gasteiger partial charge in [-0.15, -0.1) is 0 Å². The number of nitrogens with zero attached hydrogens (tertiary/aromatic N) is 2. The van der Waals surface area contributed by atoms with Crippen LogP contribution in [0.25, 0.3) is 0 Å². The van der Waals surface area contributed by atoms with Gasteiger partial charge in [0.1, 0.15) is 5.82 Å². The smallest absolute Gasteiger partial charge is 0.252 e. The van der Waals surface area contributed by atoms with Crippen LogP contribution < -0.4 is 5.32 Å². The van der Waals surface area contributed by atoms with Crippen LogP contribution in [0.4, 0.5) is 0 Å². The normalized spacial score (nSPS) is 10.5.